The predicted octanol–water partition coefficient (Wildman–Crippen LogP) is 2.80. The lowest BCUT2D eigenvalue weighted by molar-refractivity contribution is -0.113. The van der Waals surface area contributed by atoms with Gasteiger partial charge in [-0.15, -0.1) is 11.8 Å². The smallest absolute Gasteiger partial charge is 0.234 e. The van der Waals surface area contributed by atoms with Crippen LogP contribution in [0.4, 0.5) is 5.69 Å². The summed E-state index contributed by atoms with van der Waals surface area (Å²) in [4.78, 5) is 12.2. The van der Waals surface area contributed by atoms with Gasteiger partial charge < -0.3 is 11.1 Å². The third kappa shape index (κ3) is 3.94. The van der Waals surface area contributed by atoms with Gasteiger partial charge in [0.2, 0.25) is 5.91 Å². The van der Waals surface area contributed by atoms with Gasteiger partial charge in [-0.1, -0.05) is 48.6 Å². The Kier molecular flexibility index (Phi) is 4.76. The second-order valence-electron chi connectivity index (χ2n) is 4.03. The van der Waals surface area contributed by atoms with E-state index in [-0.39, 0.29) is 5.91 Å². The van der Waals surface area contributed by atoms with E-state index >= 15 is 0 Å². The summed E-state index contributed by atoms with van der Waals surface area (Å²) in [6.45, 7) is 0. The van der Waals surface area contributed by atoms with Crippen molar-refractivity contribution < 1.29 is 4.79 Å². The number of nitrogens with one attached hydrogen (secondary N) is 1. The summed E-state index contributed by atoms with van der Waals surface area (Å²) in [5, 5.41) is 5.06. The minimum atomic E-state index is -0.0439. The maximum atomic E-state index is 11.8. The van der Waals surface area contributed by atoms with Gasteiger partial charge in [-0.05, 0) is 11.5 Å². The molecule has 2 aromatic rings. The Morgan fingerprint density at radius 1 is 1.16 bits per heavy atom. The van der Waals surface area contributed by atoms with E-state index in [4.69, 9.17) is 18.0 Å². The van der Waals surface area contributed by atoms with Gasteiger partial charge in [-0.3, -0.25) is 4.79 Å². The van der Waals surface area contributed by atoms with Crippen LogP contribution in [0.5, 0.6) is 0 Å². The quantitative estimate of drug-likeness (QED) is 0.831. The van der Waals surface area contributed by atoms with Gasteiger partial charge in [0.25, 0.3) is 0 Å². The molecule has 0 saturated carbocycles. The first kappa shape index (κ1) is 13.8. The number of anilines is 1. The number of carbonyl (C=O) groups excluding carboxylic acids is 1. The Morgan fingerprint density at radius 3 is 2.68 bits per heavy atom. The maximum Gasteiger partial charge on any atom is 0.234 e. The highest BCUT2D eigenvalue weighted by Gasteiger charge is 2.05. The number of fused-ring (bicyclic) bond motifs is 1. The van der Waals surface area contributed by atoms with Crippen molar-refractivity contribution in [1.82, 2.24) is 0 Å². The number of carbonyl (C=O) groups is 1. The van der Waals surface area contributed by atoms with Gasteiger partial charge in [0.1, 0.15) is 0 Å². The number of hydrogen-bond donors (Lipinski definition) is 2. The van der Waals surface area contributed by atoms with Crippen LogP contribution >= 0.6 is 24.0 Å². The van der Waals surface area contributed by atoms with E-state index in [9.17, 15) is 4.79 Å². The summed E-state index contributed by atoms with van der Waals surface area (Å²) < 4.78 is 0. The zero-order valence-corrected chi connectivity index (χ0v) is 11.9. The standard InChI is InChI=1S/C14H14N2OS2/c15-13(18)8-19-9-14(17)16-12-7-3-5-10-4-1-2-6-11(10)12/h1-7H,8-9H2,(H2,15,18)(H,16,17). The molecule has 98 valence electrons. The minimum absolute atomic E-state index is 0.0439. The van der Waals surface area contributed by atoms with Crippen LogP contribution in [0.2, 0.25) is 0 Å². The van der Waals surface area contributed by atoms with Gasteiger partial charge in [-0.25, -0.2) is 0 Å². The van der Waals surface area contributed by atoms with E-state index in [1.54, 1.807) is 0 Å². The van der Waals surface area contributed by atoms with Gasteiger partial charge in [-0.2, -0.15) is 0 Å². The van der Waals surface area contributed by atoms with Gasteiger partial charge in [0.15, 0.2) is 0 Å². The molecule has 2 rings (SSSR count). The molecule has 0 spiro atoms. The van der Waals surface area contributed by atoms with Crippen molar-refractivity contribution in [2.45, 2.75) is 0 Å². The molecule has 3 N–H and O–H groups in total. The normalized spacial score (nSPS) is 10.3. The van der Waals surface area contributed by atoms with Crippen LogP contribution in [0.15, 0.2) is 42.5 Å². The summed E-state index contributed by atoms with van der Waals surface area (Å²) in [5.74, 6) is 0.830. The maximum absolute atomic E-state index is 11.8. The summed E-state index contributed by atoms with van der Waals surface area (Å²) in [5.41, 5.74) is 6.22. The first-order valence-electron chi connectivity index (χ1n) is 5.80. The van der Waals surface area contributed by atoms with Crippen molar-refractivity contribution in [2.75, 3.05) is 16.8 Å². The first-order chi connectivity index (χ1) is 9.16. The fourth-order valence-electron chi connectivity index (χ4n) is 1.77. The SMILES string of the molecule is NC(=S)CSCC(=O)Nc1cccc2ccccc12. The van der Waals surface area contributed by atoms with Crippen LogP contribution < -0.4 is 11.1 Å². The molecule has 0 aliphatic carbocycles. The van der Waals surface area contributed by atoms with Crippen molar-refractivity contribution >= 4 is 51.3 Å². The Hall–Kier alpha value is -1.59. The molecule has 5 heteroatoms. The summed E-state index contributed by atoms with van der Waals surface area (Å²) in [6.07, 6.45) is 0. The Bertz CT molecular complexity index is 608. The molecule has 1 amide bonds. The van der Waals surface area contributed by atoms with E-state index in [0.717, 1.165) is 16.5 Å². The topological polar surface area (TPSA) is 55.1 Å². The number of rotatable bonds is 5. The molecular formula is C14H14N2OS2. The molecule has 19 heavy (non-hydrogen) atoms. The molecule has 0 radical (unpaired) electrons. The van der Waals surface area contributed by atoms with Crippen LogP contribution in [-0.2, 0) is 4.79 Å². The molecule has 3 nitrogen and oxygen atoms in total. The largest absolute Gasteiger partial charge is 0.393 e. The first-order valence-corrected chi connectivity index (χ1v) is 7.37. The van der Waals surface area contributed by atoms with Gasteiger partial charge in [0.05, 0.1) is 10.7 Å². The molecule has 0 bridgehead atoms. The van der Waals surface area contributed by atoms with E-state index in [1.807, 2.05) is 42.5 Å². The number of thioether (sulfide) groups is 1. The van der Waals surface area contributed by atoms with Gasteiger partial charge in [0, 0.05) is 16.8 Å². The van der Waals surface area contributed by atoms with Crippen molar-refractivity contribution in [1.29, 1.82) is 0 Å². The van der Waals surface area contributed by atoms with E-state index in [1.165, 1.54) is 11.8 Å². The molecule has 0 unspecified atom stereocenters. The van der Waals surface area contributed by atoms with E-state index in [0.29, 0.717) is 16.5 Å². The average Bonchev–Trinajstić information content (AvgIpc) is 2.39. The van der Waals surface area contributed by atoms with Crippen molar-refractivity contribution in [3.8, 4) is 0 Å². The highest BCUT2D eigenvalue weighted by atomic mass is 32.2. The number of amides is 1. The summed E-state index contributed by atoms with van der Waals surface area (Å²) in [6, 6.07) is 13.8. The van der Waals surface area contributed by atoms with Gasteiger partial charge >= 0.3 is 0 Å². The van der Waals surface area contributed by atoms with E-state index in [2.05, 4.69) is 5.32 Å². The van der Waals surface area contributed by atoms with Crippen LogP contribution in [0, 0.1) is 0 Å². The highest BCUT2D eigenvalue weighted by molar-refractivity contribution is 8.01. The molecule has 0 aliphatic rings. The Morgan fingerprint density at radius 2 is 1.89 bits per heavy atom. The zero-order chi connectivity index (χ0) is 13.7. The molecule has 0 aromatic heterocycles. The molecule has 0 saturated heterocycles. The van der Waals surface area contributed by atoms with Crippen LogP contribution in [0.1, 0.15) is 0 Å². The molecule has 2 aromatic carbocycles. The van der Waals surface area contributed by atoms with Crippen molar-refractivity contribution in [3.05, 3.63) is 42.5 Å². The molecule has 0 fully saturated rings. The highest BCUT2D eigenvalue weighted by Crippen LogP contribution is 2.23. The van der Waals surface area contributed by atoms with Crippen LogP contribution in [-0.4, -0.2) is 22.4 Å². The number of nitrogens with two attached hydrogens (primary N) is 1. The monoisotopic (exact) mass is 290 g/mol. The van der Waals surface area contributed by atoms with E-state index < -0.39 is 0 Å². The second-order valence-corrected chi connectivity index (χ2v) is 5.54. The second kappa shape index (κ2) is 6.54. The number of hydrogen-bond acceptors (Lipinski definition) is 3. The predicted molar refractivity (Wildman–Crippen MR) is 86.7 cm³/mol. The van der Waals surface area contributed by atoms with Crippen LogP contribution in [0.25, 0.3) is 10.8 Å². The summed E-state index contributed by atoms with van der Waals surface area (Å²) in [7, 11) is 0. The number of benzene rings is 2. The molecule has 0 heterocycles. The fraction of sp³-hybridized carbons (Fsp3) is 0.143. The lowest BCUT2D eigenvalue weighted by Crippen LogP contribution is -2.17. The molecular weight excluding hydrogens is 276 g/mol. The third-order valence-corrected chi connectivity index (χ3v) is 3.85. The molecule has 0 aliphatic heterocycles. The summed E-state index contributed by atoms with van der Waals surface area (Å²) >= 11 is 6.18. The number of thiocarbonyl (C=S) groups is 1. The minimum Gasteiger partial charge on any atom is -0.393 e. The molecule has 0 atom stereocenters. The Balaban J connectivity index is 2.05. The fourth-order valence-corrected chi connectivity index (χ4v) is 2.58. The Labute approximate surface area is 121 Å². The average molecular weight is 290 g/mol. The van der Waals surface area contributed by atoms with Crippen LogP contribution in [0.3, 0.4) is 0 Å². The lowest BCUT2D eigenvalue weighted by atomic mass is 10.1. The van der Waals surface area contributed by atoms with Crippen molar-refractivity contribution in [3.63, 3.8) is 0 Å². The lowest BCUT2D eigenvalue weighted by Gasteiger charge is -2.08. The zero-order valence-electron chi connectivity index (χ0n) is 10.3. The van der Waals surface area contributed by atoms with Crippen molar-refractivity contribution in [2.24, 2.45) is 5.73 Å². The third-order valence-electron chi connectivity index (χ3n) is 2.54.